The number of hydrogen-bond acceptors (Lipinski definition) is 3. The molecule has 1 heterocycles. The number of nitrogens with zero attached hydrogens (tertiary/aromatic N) is 1. The Kier molecular flexibility index (Phi) is 4.16. The molecule has 1 aliphatic heterocycles. The van der Waals surface area contributed by atoms with Crippen LogP contribution >= 0.6 is 0 Å². The second-order valence-corrected chi connectivity index (χ2v) is 7.26. The van der Waals surface area contributed by atoms with E-state index in [1.165, 1.54) is 16.7 Å². The van der Waals surface area contributed by atoms with Crippen LogP contribution in [0.5, 0.6) is 0 Å². The fraction of sp³-hybridized carbons (Fsp3) is 0.0833. The summed E-state index contributed by atoms with van der Waals surface area (Å²) in [6.45, 7) is 0. The quantitative estimate of drug-likeness (QED) is 0.674. The molecular weight excluding hydrogens is 345 g/mol. The summed E-state index contributed by atoms with van der Waals surface area (Å²) in [6, 6.07) is 27.4. The van der Waals surface area contributed by atoms with E-state index >= 15 is 0 Å². The van der Waals surface area contributed by atoms with E-state index in [1.807, 2.05) is 48.6 Å². The molecule has 0 saturated carbocycles. The Morgan fingerprint density at radius 2 is 1.50 bits per heavy atom. The highest BCUT2D eigenvalue weighted by molar-refractivity contribution is 6.51. The van der Waals surface area contributed by atoms with Crippen LogP contribution in [-0.2, 0) is 0 Å². The molecule has 2 N–H and O–H groups in total. The minimum atomic E-state index is -1.45. The molecule has 0 amide bonds. The van der Waals surface area contributed by atoms with Gasteiger partial charge in [-0.25, -0.2) is 0 Å². The van der Waals surface area contributed by atoms with Gasteiger partial charge in [-0.2, -0.15) is 0 Å². The third-order valence-electron chi connectivity index (χ3n) is 5.61. The molecule has 4 heteroatoms. The van der Waals surface area contributed by atoms with Gasteiger partial charge in [0.1, 0.15) is 0 Å². The molecule has 0 aromatic heterocycles. The van der Waals surface area contributed by atoms with Gasteiger partial charge in [0, 0.05) is 17.3 Å². The first-order valence-corrected chi connectivity index (χ1v) is 9.52. The first-order chi connectivity index (χ1) is 13.7. The van der Waals surface area contributed by atoms with Crippen molar-refractivity contribution in [1.29, 1.82) is 0 Å². The molecule has 0 spiro atoms. The van der Waals surface area contributed by atoms with Crippen LogP contribution < -0.4 is 4.90 Å². The van der Waals surface area contributed by atoms with Crippen molar-refractivity contribution in [2.75, 3.05) is 4.90 Å². The average molecular weight is 365 g/mol. The van der Waals surface area contributed by atoms with Crippen molar-refractivity contribution in [3.05, 3.63) is 108 Å². The Hall–Kier alpha value is -3.08. The SMILES string of the molecule is OB(O)C1=CC2c3cc(-c4ccccc4)ccc3N(c3ccccc3)C2C=C1. The highest BCUT2D eigenvalue weighted by atomic mass is 16.4. The van der Waals surface area contributed by atoms with Crippen LogP contribution in [0.4, 0.5) is 11.4 Å². The lowest BCUT2D eigenvalue weighted by Crippen LogP contribution is -2.30. The minimum absolute atomic E-state index is 0.0701. The predicted molar refractivity (Wildman–Crippen MR) is 114 cm³/mol. The highest BCUT2D eigenvalue weighted by Crippen LogP contribution is 2.49. The normalized spacial score (nSPS) is 19.8. The van der Waals surface area contributed by atoms with Gasteiger partial charge in [0.05, 0.1) is 6.04 Å². The van der Waals surface area contributed by atoms with E-state index in [2.05, 4.69) is 53.4 Å². The molecule has 0 radical (unpaired) electrons. The van der Waals surface area contributed by atoms with E-state index in [-0.39, 0.29) is 12.0 Å². The van der Waals surface area contributed by atoms with E-state index in [4.69, 9.17) is 0 Å². The molecule has 136 valence electrons. The number of benzene rings is 3. The van der Waals surface area contributed by atoms with Gasteiger partial charge in [-0.3, -0.25) is 0 Å². The number of allylic oxidation sites excluding steroid dienone is 2. The predicted octanol–water partition coefficient (Wildman–Crippen LogP) is 4.47. The average Bonchev–Trinajstić information content (AvgIpc) is 3.08. The number of rotatable bonds is 3. The summed E-state index contributed by atoms with van der Waals surface area (Å²) in [4.78, 5) is 2.34. The van der Waals surface area contributed by atoms with Crippen LogP contribution in [0.1, 0.15) is 11.5 Å². The number of fused-ring (bicyclic) bond motifs is 3. The lowest BCUT2D eigenvalue weighted by atomic mass is 9.73. The maximum Gasteiger partial charge on any atom is 0.488 e. The molecule has 3 aromatic carbocycles. The second kappa shape index (κ2) is 6.82. The van der Waals surface area contributed by atoms with Crippen LogP contribution in [0.25, 0.3) is 11.1 Å². The van der Waals surface area contributed by atoms with E-state index in [0.717, 1.165) is 11.4 Å². The molecule has 0 fully saturated rings. The second-order valence-electron chi connectivity index (χ2n) is 7.26. The van der Waals surface area contributed by atoms with Crippen LogP contribution in [0, 0.1) is 0 Å². The molecule has 0 saturated heterocycles. The molecular formula is C24H20BNO2. The first kappa shape index (κ1) is 17.1. The van der Waals surface area contributed by atoms with Crippen molar-refractivity contribution in [2.45, 2.75) is 12.0 Å². The molecule has 2 atom stereocenters. The maximum atomic E-state index is 9.68. The zero-order valence-corrected chi connectivity index (χ0v) is 15.3. The smallest absolute Gasteiger partial charge is 0.423 e. The Morgan fingerprint density at radius 1 is 0.786 bits per heavy atom. The fourth-order valence-corrected chi connectivity index (χ4v) is 4.29. The van der Waals surface area contributed by atoms with Crippen molar-refractivity contribution >= 4 is 18.5 Å². The zero-order chi connectivity index (χ0) is 19.1. The molecule has 1 aliphatic carbocycles. The van der Waals surface area contributed by atoms with Crippen LogP contribution in [0.15, 0.2) is 103 Å². The lowest BCUT2D eigenvalue weighted by Gasteiger charge is -2.29. The fourth-order valence-electron chi connectivity index (χ4n) is 4.29. The summed E-state index contributed by atoms with van der Waals surface area (Å²) in [5, 5.41) is 19.4. The maximum absolute atomic E-state index is 9.68. The molecule has 2 aliphatic rings. The van der Waals surface area contributed by atoms with Gasteiger partial charge in [-0.05, 0) is 46.4 Å². The Bertz CT molecular complexity index is 1060. The summed E-state index contributed by atoms with van der Waals surface area (Å²) in [7, 11) is -1.45. The standard InChI is InChI=1S/C24H20BNO2/c27-25(28)19-12-14-24-22(16-19)21-15-18(17-7-3-1-4-8-17)11-13-23(21)26(24)20-9-5-2-6-10-20/h1-16,22,24,27-28H. The van der Waals surface area contributed by atoms with Crippen molar-refractivity contribution in [3.63, 3.8) is 0 Å². The third-order valence-corrected chi connectivity index (χ3v) is 5.61. The number of hydrogen-bond donors (Lipinski definition) is 2. The van der Waals surface area contributed by atoms with Gasteiger partial charge >= 0.3 is 7.12 Å². The van der Waals surface area contributed by atoms with E-state index in [1.54, 1.807) is 0 Å². The van der Waals surface area contributed by atoms with E-state index in [0.29, 0.717) is 5.47 Å². The zero-order valence-electron chi connectivity index (χ0n) is 15.3. The van der Waals surface area contributed by atoms with Gasteiger partial charge in [0.2, 0.25) is 0 Å². The van der Waals surface area contributed by atoms with Crippen LogP contribution in [0.3, 0.4) is 0 Å². The monoisotopic (exact) mass is 365 g/mol. The highest BCUT2D eigenvalue weighted by Gasteiger charge is 2.39. The van der Waals surface area contributed by atoms with Crippen molar-refractivity contribution in [2.24, 2.45) is 0 Å². The van der Waals surface area contributed by atoms with Gasteiger partial charge in [-0.15, -0.1) is 0 Å². The molecule has 0 bridgehead atoms. The van der Waals surface area contributed by atoms with Crippen LogP contribution in [0.2, 0.25) is 0 Å². The largest absolute Gasteiger partial charge is 0.488 e. The molecule has 28 heavy (non-hydrogen) atoms. The summed E-state index contributed by atoms with van der Waals surface area (Å²) < 4.78 is 0. The minimum Gasteiger partial charge on any atom is -0.423 e. The molecule has 5 rings (SSSR count). The van der Waals surface area contributed by atoms with Crippen molar-refractivity contribution in [1.82, 2.24) is 0 Å². The Labute approximate surface area is 165 Å². The van der Waals surface area contributed by atoms with Gasteiger partial charge in [0.25, 0.3) is 0 Å². The van der Waals surface area contributed by atoms with Gasteiger partial charge in [0.15, 0.2) is 0 Å². The van der Waals surface area contributed by atoms with Crippen molar-refractivity contribution in [3.8, 4) is 11.1 Å². The molecule has 2 unspecified atom stereocenters. The Morgan fingerprint density at radius 3 is 2.21 bits per heavy atom. The summed E-state index contributed by atoms with van der Waals surface area (Å²) in [5.74, 6) is 0.0701. The molecule has 3 nitrogen and oxygen atoms in total. The summed E-state index contributed by atoms with van der Waals surface area (Å²) in [5.41, 5.74) is 6.40. The Balaban J connectivity index is 1.66. The number of para-hydroxylation sites is 1. The number of anilines is 2. The summed E-state index contributed by atoms with van der Waals surface area (Å²) in [6.07, 6.45) is 5.90. The first-order valence-electron chi connectivity index (χ1n) is 9.52. The van der Waals surface area contributed by atoms with Gasteiger partial charge in [-0.1, -0.05) is 72.8 Å². The third kappa shape index (κ3) is 2.78. The lowest BCUT2D eigenvalue weighted by molar-refractivity contribution is 0.420. The van der Waals surface area contributed by atoms with Crippen molar-refractivity contribution < 1.29 is 10.0 Å². The summed E-state index contributed by atoms with van der Waals surface area (Å²) >= 11 is 0. The molecule has 3 aromatic rings. The van der Waals surface area contributed by atoms with E-state index < -0.39 is 7.12 Å². The van der Waals surface area contributed by atoms with Gasteiger partial charge < -0.3 is 14.9 Å². The van der Waals surface area contributed by atoms with Crippen LogP contribution in [-0.4, -0.2) is 23.2 Å². The topological polar surface area (TPSA) is 43.7 Å². The van der Waals surface area contributed by atoms with E-state index in [9.17, 15) is 10.0 Å².